The molecule has 1 aliphatic rings. The molecule has 0 aromatic heterocycles. The minimum atomic E-state index is -0.404. The van der Waals surface area contributed by atoms with Crippen LogP contribution in [-0.2, 0) is 9.53 Å². The first kappa shape index (κ1) is 13.5. The first-order valence-electron chi connectivity index (χ1n) is 6.13. The summed E-state index contributed by atoms with van der Waals surface area (Å²) in [5.74, 6) is 0.164. The second kappa shape index (κ2) is 5.64. The standard InChI is InChI=1S/C12H24N2O2/c1-4-9(2)10(13)11(15)14-8-12(16-3)6-5-7-12/h9-10H,4-8,13H2,1-3H3,(H,14,15)/t9-,10-/m0/s1. The van der Waals surface area contributed by atoms with Crippen molar-refractivity contribution in [3.8, 4) is 0 Å². The van der Waals surface area contributed by atoms with Gasteiger partial charge in [-0.2, -0.15) is 0 Å². The molecular weight excluding hydrogens is 204 g/mol. The highest BCUT2D eigenvalue weighted by atomic mass is 16.5. The van der Waals surface area contributed by atoms with E-state index in [9.17, 15) is 4.79 Å². The van der Waals surface area contributed by atoms with Gasteiger partial charge in [-0.3, -0.25) is 4.79 Å². The van der Waals surface area contributed by atoms with Crippen molar-refractivity contribution in [3.63, 3.8) is 0 Å². The Morgan fingerprint density at radius 1 is 1.56 bits per heavy atom. The first-order valence-corrected chi connectivity index (χ1v) is 6.13. The lowest BCUT2D eigenvalue weighted by molar-refractivity contribution is -0.127. The molecule has 0 aromatic rings. The molecule has 0 aliphatic heterocycles. The molecule has 0 aromatic carbocycles. The summed E-state index contributed by atoms with van der Waals surface area (Å²) in [5.41, 5.74) is 5.73. The van der Waals surface area contributed by atoms with Crippen molar-refractivity contribution in [2.45, 2.75) is 51.2 Å². The van der Waals surface area contributed by atoms with Crippen LogP contribution in [-0.4, -0.2) is 31.2 Å². The SMILES string of the molecule is CC[C@H](C)[C@H](N)C(=O)NCC1(OC)CCC1. The van der Waals surface area contributed by atoms with Crippen molar-refractivity contribution in [1.82, 2.24) is 5.32 Å². The van der Waals surface area contributed by atoms with Gasteiger partial charge in [-0.05, 0) is 25.2 Å². The van der Waals surface area contributed by atoms with Crippen LogP contribution in [0.2, 0.25) is 0 Å². The van der Waals surface area contributed by atoms with Gasteiger partial charge in [0.25, 0.3) is 0 Å². The maximum atomic E-state index is 11.8. The number of amides is 1. The Balaban J connectivity index is 2.34. The molecule has 1 aliphatic carbocycles. The summed E-state index contributed by atoms with van der Waals surface area (Å²) >= 11 is 0. The zero-order valence-electron chi connectivity index (χ0n) is 10.6. The highest BCUT2D eigenvalue weighted by Gasteiger charge is 2.37. The van der Waals surface area contributed by atoms with E-state index in [4.69, 9.17) is 10.5 Å². The van der Waals surface area contributed by atoms with Gasteiger partial charge in [0.2, 0.25) is 5.91 Å². The lowest BCUT2D eigenvalue weighted by Crippen LogP contribution is -2.53. The van der Waals surface area contributed by atoms with Gasteiger partial charge in [-0.15, -0.1) is 0 Å². The van der Waals surface area contributed by atoms with Crippen molar-refractivity contribution >= 4 is 5.91 Å². The van der Waals surface area contributed by atoms with Gasteiger partial charge in [0.1, 0.15) is 0 Å². The van der Waals surface area contributed by atoms with E-state index in [0.717, 1.165) is 19.3 Å². The summed E-state index contributed by atoms with van der Waals surface area (Å²) in [6.45, 7) is 4.63. The Morgan fingerprint density at radius 3 is 2.56 bits per heavy atom. The molecule has 16 heavy (non-hydrogen) atoms. The highest BCUT2D eigenvalue weighted by molar-refractivity contribution is 5.81. The fourth-order valence-electron chi connectivity index (χ4n) is 1.90. The quantitative estimate of drug-likeness (QED) is 0.714. The second-order valence-electron chi connectivity index (χ2n) is 4.87. The van der Waals surface area contributed by atoms with Gasteiger partial charge in [0.05, 0.1) is 11.6 Å². The van der Waals surface area contributed by atoms with E-state index in [-0.39, 0.29) is 17.4 Å². The molecule has 0 bridgehead atoms. The summed E-state index contributed by atoms with van der Waals surface area (Å²) in [6, 6.07) is -0.404. The fraction of sp³-hybridized carbons (Fsp3) is 0.917. The van der Waals surface area contributed by atoms with Gasteiger partial charge in [0, 0.05) is 13.7 Å². The van der Waals surface area contributed by atoms with Crippen molar-refractivity contribution in [1.29, 1.82) is 0 Å². The molecule has 3 N–H and O–H groups in total. The molecule has 0 heterocycles. The van der Waals surface area contributed by atoms with E-state index < -0.39 is 6.04 Å². The van der Waals surface area contributed by atoms with E-state index in [1.807, 2.05) is 13.8 Å². The fourth-order valence-corrected chi connectivity index (χ4v) is 1.90. The average Bonchev–Trinajstić information content (AvgIpc) is 2.25. The van der Waals surface area contributed by atoms with Crippen LogP contribution in [0.5, 0.6) is 0 Å². The van der Waals surface area contributed by atoms with Gasteiger partial charge in [0.15, 0.2) is 0 Å². The van der Waals surface area contributed by atoms with Crippen molar-refractivity contribution in [2.75, 3.05) is 13.7 Å². The van der Waals surface area contributed by atoms with Crippen molar-refractivity contribution in [2.24, 2.45) is 11.7 Å². The molecule has 1 amide bonds. The van der Waals surface area contributed by atoms with E-state index in [2.05, 4.69) is 5.32 Å². The van der Waals surface area contributed by atoms with Crippen LogP contribution in [0.25, 0.3) is 0 Å². The van der Waals surface area contributed by atoms with Crippen LogP contribution in [0.3, 0.4) is 0 Å². The maximum Gasteiger partial charge on any atom is 0.237 e. The number of carbonyl (C=O) groups excluding carboxylic acids is 1. The molecule has 94 valence electrons. The van der Waals surface area contributed by atoms with E-state index in [0.29, 0.717) is 6.54 Å². The second-order valence-corrected chi connectivity index (χ2v) is 4.87. The Labute approximate surface area is 97.9 Å². The predicted molar refractivity (Wildman–Crippen MR) is 64.0 cm³/mol. The maximum absolute atomic E-state index is 11.8. The lowest BCUT2D eigenvalue weighted by atomic mass is 9.80. The molecule has 4 nitrogen and oxygen atoms in total. The molecule has 1 saturated carbocycles. The monoisotopic (exact) mass is 228 g/mol. The van der Waals surface area contributed by atoms with Gasteiger partial charge in [-0.25, -0.2) is 0 Å². The number of nitrogens with one attached hydrogen (secondary N) is 1. The minimum Gasteiger partial charge on any atom is -0.376 e. The van der Waals surface area contributed by atoms with Crippen LogP contribution in [0, 0.1) is 5.92 Å². The lowest BCUT2D eigenvalue weighted by Gasteiger charge is -2.40. The van der Waals surface area contributed by atoms with E-state index in [1.165, 1.54) is 6.42 Å². The number of nitrogens with two attached hydrogens (primary N) is 1. The van der Waals surface area contributed by atoms with Crippen molar-refractivity contribution in [3.05, 3.63) is 0 Å². The number of hydrogen-bond donors (Lipinski definition) is 2. The van der Waals surface area contributed by atoms with Crippen LogP contribution in [0.4, 0.5) is 0 Å². The van der Waals surface area contributed by atoms with Gasteiger partial charge >= 0.3 is 0 Å². The average molecular weight is 228 g/mol. The number of rotatable bonds is 6. The number of hydrogen-bond acceptors (Lipinski definition) is 3. The zero-order chi connectivity index (χ0) is 12.2. The van der Waals surface area contributed by atoms with Crippen LogP contribution < -0.4 is 11.1 Å². The molecule has 1 fully saturated rings. The summed E-state index contributed by atoms with van der Waals surface area (Å²) in [7, 11) is 1.71. The third-order valence-corrected chi connectivity index (χ3v) is 3.84. The molecule has 0 radical (unpaired) electrons. The van der Waals surface area contributed by atoms with Gasteiger partial charge in [-0.1, -0.05) is 20.3 Å². The Kier molecular flexibility index (Phi) is 4.74. The Hall–Kier alpha value is -0.610. The minimum absolute atomic E-state index is 0.0577. The Morgan fingerprint density at radius 2 is 2.19 bits per heavy atom. The number of ether oxygens (including phenoxy) is 1. The number of carbonyl (C=O) groups is 1. The van der Waals surface area contributed by atoms with E-state index in [1.54, 1.807) is 7.11 Å². The summed E-state index contributed by atoms with van der Waals surface area (Å²) in [4.78, 5) is 11.8. The normalized spacial score (nSPS) is 22.0. The van der Waals surface area contributed by atoms with Crippen LogP contribution in [0.15, 0.2) is 0 Å². The van der Waals surface area contributed by atoms with Gasteiger partial charge < -0.3 is 15.8 Å². The highest BCUT2D eigenvalue weighted by Crippen LogP contribution is 2.34. The largest absolute Gasteiger partial charge is 0.376 e. The molecule has 1 rings (SSSR count). The molecule has 4 heteroatoms. The van der Waals surface area contributed by atoms with Crippen molar-refractivity contribution < 1.29 is 9.53 Å². The third-order valence-electron chi connectivity index (χ3n) is 3.84. The van der Waals surface area contributed by atoms with E-state index >= 15 is 0 Å². The summed E-state index contributed by atoms with van der Waals surface area (Å²) < 4.78 is 5.44. The summed E-state index contributed by atoms with van der Waals surface area (Å²) in [6.07, 6.45) is 4.16. The molecule has 0 unspecified atom stereocenters. The molecule has 2 atom stereocenters. The predicted octanol–water partition coefficient (Wildman–Crippen LogP) is 1.05. The molecular formula is C12H24N2O2. The van der Waals surface area contributed by atoms with Crippen LogP contribution >= 0.6 is 0 Å². The van der Waals surface area contributed by atoms with Crippen LogP contribution in [0.1, 0.15) is 39.5 Å². The summed E-state index contributed by atoms with van der Waals surface area (Å²) in [5, 5.41) is 2.90. The third kappa shape index (κ3) is 2.95. The number of methoxy groups -OCH3 is 1. The first-order chi connectivity index (χ1) is 7.54. The molecule has 0 spiro atoms. The zero-order valence-corrected chi connectivity index (χ0v) is 10.6. The Bertz CT molecular complexity index is 234. The smallest absolute Gasteiger partial charge is 0.237 e. The topological polar surface area (TPSA) is 64.4 Å². The molecule has 0 saturated heterocycles.